The van der Waals surface area contributed by atoms with Crippen LogP contribution in [0.1, 0.15) is 23.7 Å². The second-order valence-electron chi connectivity index (χ2n) is 3.93. The zero-order valence-corrected chi connectivity index (χ0v) is 10.8. The normalized spacial score (nSPS) is 10.6. The summed E-state index contributed by atoms with van der Waals surface area (Å²) >= 11 is 0. The zero-order chi connectivity index (χ0) is 14.3. The van der Waals surface area contributed by atoms with Gasteiger partial charge in [-0.25, -0.2) is 0 Å². The zero-order valence-electron chi connectivity index (χ0n) is 10.8. The van der Waals surface area contributed by atoms with Crippen molar-refractivity contribution in [3.63, 3.8) is 0 Å². The Labute approximate surface area is 111 Å². The number of halogens is 2. The fourth-order valence-electron chi connectivity index (χ4n) is 1.67. The van der Waals surface area contributed by atoms with Gasteiger partial charge in [-0.1, -0.05) is 6.07 Å². The van der Waals surface area contributed by atoms with Crippen LogP contribution < -0.4 is 10.5 Å². The number of nitrogens with two attached hydrogens (primary N) is 1. The number of amides is 1. The summed E-state index contributed by atoms with van der Waals surface area (Å²) in [7, 11) is 0. The van der Waals surface area contributed by atoms with Crippen LogP contribution in [0.2, 0.25) is 0 Å². The van der Waals surface area contributed by atoms with Gasteiger partial charge in [-0.15, -0.1) is 0 Å². The van der Waals surface area contributed by atoms with Gasteiger partial charge in [0.25, 0.3) is 5.91 Å². The number of carbonyl (C=O) groups is 1. The van der Waals surface area contributed by atoms with E-state index >= 15 is 0 Å². The highest BCUT2D eigenvalue weighted by molar-refractivity contribution is 5.94. The number of carbonyl (C=O) groups excluding carboxylic acids is 1. The Bertz CT molecular complexity index is 413. The molecule has 4 nitrogen and oxygen atoms in total. The van der Waals surface area contributed by atoms with Gasteiger partial charge in [-0.3, -0.25) is 4.79 Å². The molecule has 0 aliphatic rings. The van der Waals surface area contributed by atoms with E-state index in [4.69, 9.17) is 5.73 Å². The molecule has 1 rings (SSSR count). The number of hydrogen-bond acceptors (Lipinski definition) is 3. The van der Waals surface area contributed by atoms with Gasteiger partial charge < -0.3 is 15.4 Å². The third kappa shape index (κ3) is 4.82. The molecule has 19 heavy (non-hydrogen) atoms. The molecule has 0 unspecified atom stereocenters. The second kappa shape index (κ2) is 7.68. The summed E-state index contributed by atoms with van der Waals surface area (Å²) in [5.74, 6) is -0.230. The minimum atomic E-state index is -2.90. The Morgan fingerprint density at radius 1 is 1.47 bits per heavy atom. The van der Waals surface area contributed by atoms with Gasteiger partial charge >= 0.3 is 6.61 Å². The van der Waals surface area contributed by atoms with Crippen LogP contribution in [0.15, 0.2) is 24.3 Å². The lowest BCUT2D eigenvalue weighted by atomic mass is 10.2. The predicted molar refractivity (Wildman–Crippen MR) is 68.3 cm³/mol. The number of ether oxygens (including phenoxy) is 1. The molecule has 0 fully saturated rings. The van der Waals surface area contributed by atoms with Gasteiger partial charge in [0.15, 0.2) is 0 Å². The molecule has 0 saturated carbocycles. The number of benzene rings is 1. The van der Waals surface area contributed by atoms with Gasteiger partial charge in [0.2, 0.25) is 0 Å². The smallest absolute Gasteiger partial charge is 0.387 e. The molecule has 1 aromatic carbocycles. The van der Waals surface area contributed by atoms with Crippen LogP contribution >= 0.6 is 0 Å². The summed E-state index contributed by atoms with van der Waals surface area (Å²) in [6.07, 6.45) is 0.701. The molecule has 0 bridgehead atoms. The second-order valence-corrected chi connectivity index (χ2v) is 3.93. The standard InChI is InChI=1S/C13H18F2N2O2/c1-2-17(8-4-7-16)12(18)10-5-3-6-11(9-10)19-13(14)15/h3,5-6,9,13H,2,4,7-8,16H2,1H3. The molecular formula is C13H18F2N2O2. The summed E-state index contributed by atoms with van der Waals surface area (Å²) in [6.45, 7) is 0.543. The Balaban J connectivity index is 2.79. The van der Waals surface area contributed by atoms with Crippen molar-refractivity contribution in [3.05, 3.63) is 29.8 Å². The molecule has 2 N–H and O–H groups in total. The summed E-state index contributed by atoms with van der Waals surface area (Å²) < 4.78 is 28.5. The monoisotopic (exact) mass is 272 g/mol. The highest BCUT2D eigenvalue weighted by atomic mass is 19.3. The average Bonchev–Trinajstić information content (AvgIpc) is 2.39. The van der Waals surface area contributed by atoms with Crippen molar-refractivity contribution >= 4 is 5.91 Å². The van der Waals surface area contributed by atoms with E-state index < -0.39 is 6.61 Å². The average molecular weight is 272 g/mol. The van der Waals surface area contributed by atoms with E-state index in [2.05, 4.69) is 4.74 Å². The highest BCUT2D eigenvalue weighted by Gasteiger charge is 2.15. The molecule has 106 valence electrons. The minimum Gasteiger partial charge on any atom is -0.435 e. The van der Waals surface area contributed by atoms with Crippen LogP contribution in [0.3, 0.4) is 0 Å². The molecule has 0 radical (unpaired) electrons. The lowest BCUT2D eigenvalue weighted by Gasteiger charge is -2.20. The number of hydrogen-bond donors (Lipinski definition) is 1. The first-order valence-electron chi connectivity index (χ1n) is 6.12. The maximum Gasteiger partial charge on any atom is 0.387 e. The van der Waals surface area contributed by atoms with Crippen molar-refractivity contribution in [2.75, 3.05) is 19.6 Å². The van der Waals surface area contributed by atoms with Crippen LogP contribution in [0, 0.1) is 0 Å². The highest BCUT2D eigenvalue weighted by Crippen LogP contribution is 2.17. The topological polar surface area (TPSA) is 55.6 Å². The largest absolute Gasteiger partial charge is 0.435 e. The van der Waals surface area contributed by atoms with Crippen LogP contribution in [0.5, 0.6) is 5.75 Å². The number of rotatable bonds is 7. The lowest BCUT2D eigenvalue weighted by molar-refractivity contribution is -0.0499. The fraction of sp³-hybridized carbons (Fsp3) is 0.462. The first-order chi connectivity index (χ1) is 9.08. The Kier molecular flexibility index (Phi) is 6.21. The molecule has 0 saturated heterocycles. The summed E-state index contributed by atoms with van der Waals surface area (Å²) in [5, 5.41) is 0. The Morgan fingerprint density at radius 2 is 2.21 bits per heavy atom. The van der Waals surface area contributed by atoms with Crippen molar-refractivity contribution in [1.29, 1.82) is 0 Å². The van der Waals surface area contributed by atoms with E-state index in [1.165, 1.54) is 18.2 Å². The molecular weight excluding hydrogens is 254 g/mol. The molecule has 0 heterocycles. The SMILES string of the molecule is CCN(CCCN)C(=O)c1cccc(OC(F)F)c1. The van der Waals surface area contributed by atoms with Crippen LogP contribution in [-0.4, -0.2) is 37.1 Å². The van der Waals surface area contributed by atoms with Gasteiger partial charge in [0, 0.05) is 18.7 Å². The Hall–Kier alpha value is -1.69. The van der Waals surface area contributed by atoms with Crippen molar-refractivity contribution < 1.29 is 18.3 Å². The fourth-order valence-corrected chi connectivity index (χ4v) is 1.67. The van der Waals surface area contributed by atoms with E-state index in [0.29, 0.717) is 31.6 Å². The third-order valence-corrected chi connectivity index (χ3v) is 2.61. The van der Waals surface area contributed by atoms with Gasteiger partial charge in [0.05, 0.1) is 0 Å². The number of nitrogens with zero attached hydrogens (tertiary/aromatic N) is 1. The summed E-state index contributed by atoms with van der Waals surface area (Å²) in [4.78, 5) is 13.8. The van der Waals surface area contributed by atoms with Crippen molar-refractivity contribution in [1.82, 2.24) is 4.90 Å². The summed E-state index contributed by atoms with van der Waals surface area (Å²) in [6, 6.07) is 5.80. The predicted octanol–water partition coefficient (Wildman–Crippen LogP) is 2.10. The molecule has 0 aromatic heterocycles. The maximum absolute atomic E-state index is 12.2. The molecule has 0 spiro atoms. The van der Waals surface area contributed by atoms with E-state index in [1.54, 1.807) is 11.0 Å². The van der Waals surface area contributed by atoms with Crippen molar-refractivity contribution in [3.8, 4) is 5.75 Å². The molecule has 6 heteroatoms. The summed E-state index contributed by atoms with van der Waals surface area (Å²) in [5.41, 5.74) is 5.74. The maximum atomic E-state index is 12.2. The van der Waals surface area contributed by atoms with E-state index in [-0.39, 0.29) is 11.7 Å². The molecule has 0 aliphatic carbocycles. The van der Waals surface area contributed by atoms with E-state index in [0.717, 1.165) is 0 Å². The van der Waals surface area contributed by atoms with E-state index in [1.807, 2.05) is 6.92 Å². The molecule has 0 aliphatic heterocycles. The van der Waals surface area contributed by atoms with Gasteiger partial charge in [-0.05, 0) is 38.1 Å². The quantitative estimate of drug-likeness (QED) is 0.827. The van der Waals surface area contributed by atoms with E-state index in [9.17, 15) is 13.6 Å². The minimum absolute atomic E-state index is 0.0178. The molecule has 0 atom stereocenters. The van der Waals surface area contributed by atoms with Gasteiger partial charge in [-0.2, -0.15) is 8.78 Å². The first kappa shape index (κ1) is 15.4. The van der Waals surface area contributed by atoms with Crippen LogP contribution in [0.4, 0.5) is 8.78 Å². The molecule has 1 aromatic rings. The van der Waals surface area contributed by atoms with Crippen molar-refractivity contribution in [2.45, 2.75) is 20.0 Å². The van der Waals surface area contributed by atoms with Crippen molar-refractivity contribution in [2.24, 2.45) is 5.73 Å². The first-order valence-corrected chi connectivity index (χ1v) is 6.12. The Morgan fingerprint density at radius 3 is 2.79 bits per heavy atom. The van der Waals surface area contributed by atoms with Gasteiger partial charge in [0.1, 0.15) is 5.75 Å². The van der Waals surface area contributed by atoms with Crippen LogP contribution in [-0.2, 0) is 0 Å². The third-order valence-electron chi connectivity index (χ3n) is 2.61. The lowest BCUT2D eigenvalue weighted by Crippen LogP contribution is -2.32. The molecule has 1 amide bonds. The van der Waals surface area contributed by atoms with Crippen LogP contribution in [0.25, 0.3) is 0 Å². The number of alkyl halides is 2.